The number of fused-ring (bicyclic) bond motifs is 1. The van der Waals surface area contributed by atoms with Gasteiger partial charge in [-0.3, -0.25) is 0 Å². The predicted molar refractivity (Wildman–Crippen MR) is 109 cm³/mol. The first kappa shape index (κ1) is 18.0. The largest absolute Gasteiger partial charge is 0.494 e. The van der Waals surface area contributed by atoms with E-state index in [2.05, 4.69) is 29.0 Å². The van der Waals surface area contributed by atoms with Gasteiger partial charge in [0.15, 0.2) is 11.5 Å². The third kappa shape index (κ3) is 3.07. The molecule has 6 heteroatoms. The second-order valence-electron chi connectivity index (χ2n) is 6.77. The Morgan fingerprint density at radius 1 is 0.857 bits per heavy atom. The molecular formula is C22H23N3O3. The lowest BCUT2D eigenvalue weighted by Crippen LogP contribution is -2.21. The molecule has 0 spiro atoms. The summed E-state index contributed by atoms with van der Waals surface area (Å²) in [6.07, 6.45) is 4.08. The highest BCUT2D eigenvalue weighted by Gasteiger charge is 2.10. The number of hydrogen-bond donors (Lipinski definition) is 2. The molecule has 0 radical (unpaired) electrons. The first-order chi connectivity index (χ1) is 13.5. The second-order valence-corrected chi connectivity index (χ2v) is 6.77. The van der Waals surface area contributed by atoms with E-state index in [1.807, 2.05) is 31.2 Å². The molecule has 3 aromatic rings. The van der Waals surface area contributed by atoms with Crippen molar-refractivity contribution in [3.63, 3.8) is 0 Å². The van der Waals surface area contributed by atoms with Crippen molar-refractivity contribution >= 4 is 17.8 Å². The Hall–Kier alpha value is -3.41. The maximum Gasteiger partial charge on any atom is 0.162 e. The van der Waals surface area contributed by atoms with Crippen LogP contribution in [-0.4, -0.2) is 31.3 Å². The first-order valence-corrected chi connectivity index (χ1v) is 9.00. The maximum absolute atomic E-state index is 5.57. The van der Waals surface area contributed by atoms with Crippen LogP contribution >= 0.6 is 0 Å². The van der Waals surface area contributed by atoms with Crippen LogP contribution in [0, 0.1) is 13.8 Å². The molecule has 144 valence electrons. The molecule has 6 nitrogen and oxygen atoms in total. The number of nitrogens with zero attached hydrogens (tertiary/aromatic N) is 1. The molecule has 0 unspecified atom stereocenters. The molecule has 0 amide bonds. The van der Waals surface area contributed by atoms with Gasteiger partial charge >= 0.3 is 0 Å². The van der Waals surface area contributed by atoms with Crippen molar-refractivity contribution in [2.75, 3.05) is 21.3 Å². The smallest absolute Gasteiger partial charge is 0.162 e. The number of hydrogen-bond acceptors (Lipinski definition) is 4. The molecule has 2 aromatic heterocycles. The Balaban J connectivity index is 1.90. The molecule has 0 saturated heterocycles. The summed E-state index contributed by atoms with van der Waals surface area (Å²) in [7, 11) is 4.92. The van der Waals surface area contributed by atoms with E-state index in [0.717, 1.165) is 44.1 Å². The van der Waals surface area contributed by atoms with Gasteiger partial charge in [0, 0.05) is 28.7 Å². The van der Waals surface area contributed by atoms with Crippen LogP contribution in [0.25, 0.3) is 17.8 Å². The minimum absolute atomic E-state index is 0.662. The van der Waals surface area contributed by atoms with Crippen LogP contribution in [0.15, 0.2) is 29.3 Å². The van der Waals surface area contributed by atoms with E-state index >= 15 is 0 Å². The number of benzene rings is 1. The van der Waals surface area contributed by atoms with Crippen molar-refractivity contribution in [1.29, 1.82) is 0 Å². The SMILES string of the molecule is COc1cc2c(cc1OC)=NC(=c1cc(OC)/c(=C/c3[nH]c(C)cc3C)[nH]1)C=2. The van der Waals surface area contributed by atoms with E-state index in [4.69, 9.17) is 19.2 Å². The topological polar surface area (TPSA) is 71.6 Å². The molecular weight excluding hydrogens is 354 g/mol. The second kappa shape index (κ2) is 6.96. The summed E-state index contributed by atoms with van der Waals surface area (Å²) >= 11 is 0. The molecule has 2 N–H and O–H groups in total. The number of rotatable bonds is 4. The van der Waals surface area contributed by atoms with E-state index in [1.165, 1.54) is 5.56 Å². The standard InChI is InChI=1S/C22H23N3O3/c1-12-6-13(2)23-15(12)9-19-20(26-3)11-18(25-19)17-7-14-8-21(27-4)22(28-5)10-16(14)24-17/h6-11,23,25H,1-5H3/b18-17?,19-9-. The summed E-state index contributed by atoms with van der Waals surface area (Å²) in [6, 6.07) is 7.90. The fourth-order valence-corrected chi connectivity index (χ4v) is 3.45. The Labute approximate surface area is 162 Å². The van der Waals surface area contributed by atoms with Gasteiger partial charge < -0.3 is 24.2 Å². The average molecular weight is 377 g/mol. The molecule has 3 heterocycles. The summed E-state index contributed by atoms with van der Waals surface area (Å²) in [5.41, 5.74) is 4.20. The van der Waals surface area contributed by atoms with Crippen LogP contribution in [0.2, 0.25) is 0 Å². The molecule has 0 fully saturated rings. The summed E-state index contributed by atoms with van der Waals surface area (Å²) in [5, 5.41) is 3.62. The van der Waals surface area contributed by atoms with Gasteiger partial charge in [0.05, 0.1) is 43.1 Å². The highest BCUT2D eigenvalue weighted by molar-refractivity contribution is 5.77. The molecule has 0 bridgehead atoms. The van der Waals surface area contributed by atoms with Crippen LogP contribution in [0.1, 0.15) is 17.0 Å². The fraction of sp³-hybridized carbons (Fsp3) is 0.227. The van der Waals surface area contributed by atoms with Crippen molar-refractivity contribution in [3.8, 4) is 17.2 Å². The molecule has 4 rings (SSSR count). The Kier molecular flexibility index (Phi) is 4.47. The summed E-state index contributed by atoms with van der Waals surface area (Å²) in [4.78, 5) is 11.5. The fourth-order valence-electron chi connectivity index (χ4n) is 3.45. The van der Waals surface area contributed by atoms with Gasteiger partial charge in [-0.05, 0) is 43.7 Å². The number of methoxy groups -OCH3 is 3. The monoisotopic (exact) mass is 377 g/mol. The maximum atomic E-state index is 5.57. The van der Waals surface area contributed by atoms with Crippen LogP contribution in [-0.2, 0) is 0 Å². The van der Waals surface area contributed by atoms with Gasteiger partial charge in [0.25, 0.3) is 0 Å². The van der Waals surface area contributed by atoms with Crippen LogP contribution in [0.5, 0.6) is 17.2 Å². The molecule has 1 aliphatic rings. The summed E-state index contributed by atoms with van der Waals surface area (Å²) in [6.45, 7) is 4.13. The molecule has 28 heavy (non-hydrogen) atoms. The average Bonchev–Trinajstić information content (AvgIpc) is 3.36. The van der Waals surface area contributed by atoms with Crippen molar-refractivity contribution in [3.05, 3.63) is 62.5 Å². The number of H-pyrrole nitrogens is 2. The number of nitrogens with one attached hydrogen (secondary N) is 2. The number of aromatic nitrogens is 2. The highest BCUT2D eigenvalue weighted by Crippen LogP contribution is 2.22. The number of ether oxygens (including phenoxy) is 3. The first-order valence-electron chi connectivity index (χ1n) is 9.00. The molecule has 1 aromatic carbocycles. The van der Waals surface area contributed by atoms with Gasteiger partial charge in [-0.2, -0.15) is 0 Å². The molecule has 0 aliphatic carbocycles. The van der Waals surface area contributed by atoms with Crippen molar-refractivity contribution in [1.82, 2.24) is 9.97 Å². The zero-order valence-corrected chi connectivity index (χ0v) is 16.6. The minimum atomic E-state index is 0.662. The van der Waals surface area contributed by atoms with Crippen molar-refractivity contribution in [2.45, 2.75) is 13.8 Å². The zero-order chi connectivity index (χ0) is 19.8. The van der Waals surface area contributed by atoms with Gasteiger partial charge in [-0.25, -0.2) is 4.99 Å². The zero-order valence-electron chi connectivity index (χ0n) is 16.6. The Bertz CT molecular complexity index is 1250. The van der Waals surface area contributed by atoms with E-state index < -0.39 is 0 Å². The van der Waals surface area contributed by atoms with E-state index in [0.29, 0.717) is 11.5 Å². The Morgan fingerprint density at radius 3 is 2.21 bits per heavy atom. The van der Waals surface area contributed by atoms with E-state index in [-0.39, 0.29) is 0 Å². The van der Waals surface area contributed by atoms with Crippen molar-refractivity contribution < 1.29 is 14.2 Å². The normalized spacial score (nSPS) is 15.1. The van der Waals surface area contributed by atoms with E-state index in [1.54, 1.807) is 21.3 Å². The minimum Gasteiger partial charge on any atom is -0.494 e. The summed E-state index contributed by atoms with van der Waals surface area (Å²) < 4.78 is 16.3. The number of aryl methyl sites for hydroxylation is 2. The summed E-state index contributed by atoms with van der Waals surface area (Å²) in [5.74, 6) is 2.11. The Morgan fingerprint density at radius 2 is 1.57 bits per heavy atom. The predicted octanol–water partition coefficient (Wildman–Crippen LogP) is 1.04. The van der Waals surface area contributed by atoms with E-state index in [9.17, 15) is 0 Å². The van der Waals surface area contributed by atoms with Crippen LogP contribution < -0.4 is 35.5 Å². The lowest BCUT2D eigenvalue weighted by atomic mass is 10.2. The quantitative estimate of drug-likeness (QED) is 0.714. The lowest BCUT2D eigenvalue weighted by molar-refractivity contribution is 0.354. The van der Waals surface area contributed by atoms with Crippen LogP contribution in [0.4, 0.5) is 0 Å². The van der Waals surface area contributed by atoms with Crippen LogP contribution in [0.3, 0.4) is 0 Å². The van der Waals surface area contributed by atoms with Gasteiger partial charge in [0.1, 0.15) is 5.75 Å². The number of aromatic amines is 2. The molecule has 0 atom stereocenters. The molecule has 1 aliphatic heterocycles. The third-order valence-corrected chi connectivity index (χ3v) is 4.85. The molecule has 0 saturated carbocycles. The van der Waals surface area contributed by atoms with Crippen molar-refractivity contribution in [2.24, 2.45) is 4.99 Å². The highest BCUT2D eigenvalue weighted by atomic mass is 16.5. The van der Waals surface area contributed by atoms with Gasteiger partial charge in [-0.1, -0.05) is 0 Å². The lowest BCUT2D eigenvalue weighted by Gasteiger charge is -2.05. The third-order valence-electron chi connectivity index (χ3n) is 4.85. The van der Waals surface area contributed by atoms with Gasteiger partial charge in [-0.15, -0.1) is 0 Å². The van der Waals surface area contributed by atoms with Gasteiger partial charge in [0.2, 0.25) is 0 Å².